The maximum atomic E-state index is 13.3. The van der Waals surface area contributed by atoms with Crippen molar-refractivity contribution in [2.24, 2.45) is 5.92 Å². The summed E-state index contributed by atoms with van der Waals surface area (Å²) in [5.41, 5.74) is 0.0618. The van der Waals surface area contributed by atoms with E-state index in [4.69, 9.17) is 0 Å². The van der Waals surface area contributed by atoms with Gasteiger partial charge in [-0.3, -0.25) is 9.78 Å². The molecular weight excluding hydrogens is 233 g/mol. The van der Waals surface area contributed by atoms with E-state index in [0.717, 1.165) is 25.7 Å². The van der Waals surface area contributed by atoms with E-state index >= 15 is 0 Å². The fourth-order valence-corrected chi connectivity index (χ4v) is 2.21. The molecule has 18 heavy (non-hydrogen) atoms. The van der Waals surface area contributed by atoms with Gasteiger partial charge in [-0.2, -0.15) is 0 Å². The van der Waals surface area contributed by atoms with Crippen LogP contribution in [0.15, 0.2) is 18.5 Å². The Morgan fingerprint density at radius 1 is 1.61 bits per heavy atom. The van der Waals surface area contributed by atoms with Gasteiger partial charge in [0.15, 0.2) is 5.82 Å². The Balaban J connectivity index is 1.76. The molecule has 5 heteroatoms. The zero-order chi connectivity index (χ0) is 12.8. The number of rotatable bonds is 4. The minimum atomic E-state index is -0.575. The number of hydrogen-bond acceptors (Lipinski definition) is 3. The molecule has 1 atom stereocenters. The van der Waals surface area contributed by atoms with E-state index in [1.807, 2.05) is 0 Å². The molecule has 0 spiro atoms. The Morgan fingerprint density at radius 2 is 2.50 bits per heavy atom. The molecule has 0 aromatic carbocycles. The normalized spacial score (nSPS) is 19.5. The Morgan fingerprint density at radius 3 is 3.22 bits per heavy atom. The van der Waals surface area contributed by atoms with Crippen molar-refractivity contribution in [3.05, 3.63) is 29.8 Å². The van der Waals surface area contributed by atoms with Gasteiger partial charge in [0.2, 0.25) is 0 Å². The van der Waals surface area contributed by atoms with Crippen LogP contribution in [0.25, 0.3) is 0 Å². The molecule has 1 aliphatic rings. The molecule has 2 N–H and O–H groups in total. The summed E-state index contributed by atoms with van der Waals surface area (Å²) in [4.78, 5) is 15.3. The lowest BCUT2D eigenvalue weighted by Crippen LogP contribution is -2.33. The van der Waals surface area contributed by atoms with Crippen molar-refractivity contribution in [3.63, 3.8) is 0 Å². The minimum Gasteiger partial charge on any atom is -0.352 e. The number of nitrogens with one attached hydrogen (secondary N) is 2. The van der Waals surface area contributed by atoms with E-state index in [-0.39, 0.29) is 11.5 Å². The molecule has 0 radical (unpaired) electrons. The minimum absolute atomic E-state index is 0.0618. The van der Waals surface area contributed by atoms with Gasteiger partial charge in [0, 0.05) is 12.7 Å². The van der Waals surface area contributed by atoms with Gasteiger partial charge in [-0.05, 0) is 44.3 Å². The van der Waals surface area contributed by atoms with Crippen LogP contribution in [0, 0.1) is 11.7 Å². The molecule has 1 amide bonds. The lowest BCUT2D eigenvalue weighted by atomic mass is 9.96. The highest BCUT2D eigenvalue weighted by molar-refractivity contribution is 5.94. The average molecular weight is 251 g/mol. The van der Waals surface area contributed by atoms with Crippen LogP contribution in [0.2, 0.25) is 0 Å². The van der Waals surface area contributed by atoms with Gasteiger partial charge in [0.25, 0.3) is 5.91 Å². The SMILES string of the molecule is O=C(NCCC1CCCNC1)c1ccncc1F. The first-order valence-corrected chi connectivity index (χ1v) is 6.36. The van der Waals surface area contributed by atoms with Crippen LogP contribution < -0.4 is 10.6 Å². The number of carbonyl (C=O) groups excluding carboxylic acids is 1. The number of piperidine rings is 1. The van der Waals surface area contributed by atoms with Crippen LogP contribution in [0.1, 0.15) is 29.6 Å². The number of hydrogen-bond donors (Lipinski definition) is 2. The maximum absolute atomic E-state index is 13.3. The van der Waals surface area contributed by atoms with Gasteiger partial charge >= 0.3 is 0 Å². The summed E-state index contributed by atoms with van der Waals surface area (Å²) in [6.07, 6.45) is 5.80. The monoisotopic (exact) mass is 251 g/mol. The molecule has 0 aliphatic carbocycles. The third-order valence-electron chi connectivity index (χ3n) is 3.25. The highest BCUT2D eigenvalue weighted by Crippen LogP contribution is 2.13. The summed E-state index contributed by atoms with van der Waals surface area (Å²) in [5.74, 6) is -0.325. The molecule has 2 heterocycles. The highest BCUT2D eigenvalue weighted by atomic mass is 19.1. The molecule has 1 fully saturated rings. The average Bonchev–Trinajstić information content (AvgIpc) is 2.40. The summed E-state index contributed by atoms with van der Waals surface area (Å²) >= 11 is 0. The molecule has 4 nitrogen and oxygen atoms in total. The van der Waals surface area contributed by atoms with E-state index in [9.17, 15) is 9.18 Å². The molecule has 2 rings (SSSR count). The summed E-state index contributed by atoms with van der Waals surface area (Å²) in [5, 5.41) is 6.09. The molecule has 1 aromatic heterocycles. The fourth-order valence-electron chi connectivity index (χ4n) is 2.21. The quantitative estimate of drug-likeness (QED) is 0.849. The third kappa shape index (κ3) is 3.50. The second-order valence-corrected chi connectivity index (χ2v) is 4.61. The van der Waals surface area contributed by atoms with Gasteiger partial charge in [0.05, 0.1) is 11.8 Å². The summed E-state index contributed by atoms with van der Waals surface area (Å²) < 4.78 is 13.3. The van der Waals surface area contributed by atoms with Crippen molar-refractivity contribution < 1.29 is 9.18 Å². The van der Waals surface area contributed by atoms with Crippen LogP contribution in [0.5, 0.6) is 0 Å². The van der Waals surface area contributed by atoms with Gasteiger partial charge in [-0.25, -0.2) is 4.39 Å². The molecule has 98 valence electrons. The fraction of sp³-hybridized carbons (Fsp3) is 0.538. The molecule has 1 unspecified atom stereocenters. The second kappa shape index (κ2) is 6.44. The lowest BCUT2D eigenvalue weighted by Gasteiger charge is -2.22. The van der Waals surface area contributed by atoms with E-state index < -0.39 is 5.82 Å². The van der Waals surface area contributed by atoms with Crippen molar-refractivity contribution in [1.82, 2.24) is 15.6 Å². The van der Waals surface area contributed by atoms with Crippen molar-refractivity contribution >= 4 is 5.91 Å². The third-order valence-corrected chi connectivity index (χ3v) is 3.25. The van der Waals surface area contributed by atoms with Gasteiger partial charge in [-0.1, -0.05) is 0 Å². The van der Waals surface area contributed by atoms with Crippen molar-refractivity contribution in [2.75, 3.05) is 19.6 Å². The van der Waals surface area contributed by atoms with Crippen LogP contribution in [-0.4, -0.2) is 30.5 Å². The zero-order valence-electron chi connectivity index (χ0n) is 10.3. The Labute approximate surface area is 106 Å². The number of nitrogens with zero attached hydrogens (tertiary/aromatic N) is 1. The van der Waals surface area contributed by atoms with Crippen LogP contribution in [0.4, 0.5) is 4.39 Å². The standard InChI is InChI=1S/C13H18FN3O/c14-12-9-16-6-4-11(12)13(18)17-7-3-10-2-1-5-15-8-10/h4,6,9-10,15H,1-3,5,7-8H2,(H,17,18). The molecule has 1 aliphatic heterocycles. The van der Waals surface area contributed by atoms with E-state index in [1.165, 1.54) is 25.1 Å². The predicted octanol–water partition coefficient (Wildman–Crippen LogP) is 1.34. The first kappa shape index (κ1) is 13.0. The largest absolute Gasteiger partial charge is 0.352 e. The van der Waals surface area contributed by atoms with Crippen molar-refractivity contribution in [3.8, 4) is 0 Å². The first-order valence-electron chi connectivity index (χ1n) is 6.36. The van der Waals surface area contributed by atoms with Crippen LogP contribution in [-0.2, 0) is 0 Å². The van der Waals surface area contributed by atoms with Gasteiger partial charge in [0.1, 0.15) is 0 Å². The molecule has 0 bridgehead atoms. The van der Waals surface area contributed by atoms with Crippen molar-refractivity contribution in [2.45, 2.75) is 19.3 Å². The lowest BCUT2D eigenvalue weighted by molar-refractivity contribution is 0.0946. The van der Waals surface area contributed by atoms with E-state index in [0.29, 0.717) is 12.5 Å². The molecular formula is C13H18FN3O. The van der Waals surface area contributed by atoms with E-state index in [1.54, 1.807) is 0 Å². The van der Waals surface area contributed by atoms with Crippen LogP contribution >= 0.6 is 0 Å². The first-order chi connectivity index (χ1) is 8.77. The Hall–Kier alpha value is -1.49. The molecule has 1 saturated heterocycles. The Kier molecular flexibility index (Phi) is 4.64. The smallest absolute Gasteiger partial charge is 0.254 e. The number of aromatic nitrogens is 1. The highest BCUT2D eigenvalue weighted by Gasteiger charge is 2.14. The zero-order valence-corrected chi connectivity index (χ0v) is 10.3. The number of pyridine rings is 1. The molecule has 0 saturated carbocycles. The number of carbonyl (C=O) groups is 1. The molecule has 1 aromatic rings. The number of amides is 1. The van der Waals surface area contributed by atoms with Gasteiger partial charge < -0.3 is 10.6 Å². The summed E-state index contributed by atoms with van der Waals surface area (Å²) in [6.45, 7) is 2.69. The van der Waals surface area contributed by atoms with E-state index in [2.05, 4.69) is 15.6 Å². The maximum Gasteiger partial charge on any atom is 0.254 e. The Bertz CT molecular complexity index is 405. The van der Waals surface area contributed by atoms with Gasteiger partial charge in [-0.15, -0.1) is 0 Å². The predicted molar refractivity (Wildman–Crippen MR) is 66.7 cm³/mol. The topological polar surface area (TPSA) is 54.0 Å². The van der Waals surface area contributed by atoms with Crippen molar-refractivity contribution in [1.29, 1.82) is 0 Å². The van der Waals surface area contributed by atoms with Crippen LogP contribution in [0.3, 0.4) is 0 Å². The summed E-state index contributed by atoms with van der Waals surface area (Å²) in [7, 11) is 0. The second-order valence-electron chi connectivity index (χ2n) is 4.61. The summed E-state index contributed by atoms with van der Waals surface area (Å²) in [6, 6.07) is 1.40. The number of halogens is 1.